The number of hydrogen-bond acceptors (Lipinski definition) is 2. The van der Waals surface area contributed by atoms with Crippen LogP contribution in [0.3, 0.4) is 0 Å². The topological polar surface area (TPSA) is 29.3 Å². The van der Waals surface area contributed by atoms with Crippen LogP contribution >= 0.6 is 11.6 Å². The monoisotopic (exact) mass is 263 g/mol. The van der Waals surface area contributed by atoms with Crippen molar-refractivity contribution in [1.82, 2.24) is 9.38 Å². The Morgan fingerprint density at radius 3 is 2.94 bits per heavy atom. The zero-order valence-electron chi connectivity index (χ0n) is 10.3. The predicted molar refractivity (Wildman–Crippen MR) is 75.3 cm³/mol. The van der Waals surface area contributed by atoms with Crippen molar-refractivity contribution in [3.63, 3.8) is 0 Å². The van der Waals surface area contributed by atoms with Gasteiger partial charge in [-0.3, -0.25) is 4.40 Å². The summed E-state index contributed by atoms with van der Waals surface area (Å²) >= 11 is 6.13. The number of pyridine rings is 1. The average Bonchev–Trinajstić information content (AvgIpc) is 2.87. The van der Waals surface area contributed by atoms with E-state index in [0.29, 0.717) is 5.38 Å². The van der Waals surface area contributed by atoms with Gasteiger partial charge in [-0.2, -0.15) is 0 Å². The molecule has 1 saturated carbocycles. The van der Waals surface area contributed by atoms with Gasteiger partial charge in [0.25, 0.3) is 0 Å². The third-order valence-corrected chi connectivity index (χ3v) is 4.21. The number of halogens is 1. The summed E-state index contributed by atoms with van der Waals surface area (Å²) in [4.78, 5) is 4.29. The Bertz CT molecular complexity index is 514. The van der Waals surface area contributed by atoms with Crippen LogP contribution in [0.25, 0.3) is 5.65 Å². The Morgan fingerprint density at radius 2 is 2.11 bits per heavy atom. The number of aromatic nitrogens is 2. The van der Waals surface area contributed by atoms with Gasteiger partial charge < -0.3 is 5.32 Å². The van der Waals surface area contributed by atoms with Crippen LogP contribution in [-0.4, -0.2) is 21.3 Å². The first kappa shape index (κ1) is 11.8. The molecule has 96 valence electrons. The Hall–Kier alpha value is -1.22. The van der Waals surface area contributed by atoms with Crippen molar-refractivity contribution in [1.29, 1.82) is 0 Å². The van der Waals surface area contributed by atoms with Crippen molar-refractivity contribution < 1.29 is 0 Å². The highest BCUT2D eigenvalue weighted by Gasteiger charge is 2.19. The third kappa shape index (κ3) is 2.46. The SMILES string of the molecule is ClC1CCC(CNc2cccc3nccn23)CC1. The van der Waals surface area contributed by atoms with Crippen molar-refractivity contribution in [3.05, 3.63) is 30.6 Å². The van der Waals surface area contributed by atoms with E-state index in [4.69, 9.17) is 11.6 Å². The number of imidazole rings is 1. The average molecular weight is 264 g/mol. The summed E-state index contributed by atoms with van der Waals surface area (Å²) in [6, 6.07) is 6.16. The second kappa shape index (κ2) is 5.19. The van der Waals surface area contributed by atoms with Gasteiger partial charge in [-0.15, -0.1) is 11.6 Å². The summed E-state index contributed by atoms with van der Waals surface area (Å²) in [5.41, 5.74) is 0.990. The molecule has 18 heavy (non-hydrogen) atoms. The molecule has 0 atom stereocenters. The summed E-state index contributed by atoms with van der Waals surface area (Å²) in [5.74, 6) is 1.87. The molecule has 1 aliphatic carbocycles. The van der Waals surface area contributed by atoms with Crippen LogP contribution < -0.4 is 5.32 Å². The molecule has 2 aromatic heterocycles. The molecule has 1 N–H and O–H groups in total. The molecule has 2 heterocycles. The smallest absolute Gasteiger partial charge is 0.138 e. The Morgan fingerprint density at radius 1 is 1.28 bits per heavy atom. The van der Waals surface area contributed by atoms with Gasteiger partial charge in [-0.1, -0.05) is 6.07 Å². The lowest BCUT2D eigenvalue weighted by molar-refractivity contribution is 0.377. The Kier molecular flexibility index (Phi) is 3.41. The van der Waals surface area contributed by atoms with E-state index in [1.165, 1.54) is 12.8 Å². The van der Waals surface area contributed by atoms with E-state index in [1.807, 2.05) is 24.5 Å². The van der Waals surface area contributed by atoms with Crippen LogP contribution in [0.2, 0.25) is 0 Å². The van der Waals surface area contributed by atoms with Crippen molar-refractivity contribution in [3.8, 4) is 0 Å². The highest BCUT2D eigenvalue weighted by molar-refractivity contribution is 6.20. The van der Waals surface area contributed by atoms with E-state index >= 15 is 0 Å². The quantitative estimate of drug-likeness (QED) is 0.859. The second-order valence-electron chi connectivity index (χ2n) is 5.07. The lowest BCUT2D eigenvalue weighted by Crippen LogP contribution is -2.21. The molecule has 1 fully saturated rings. The van der Waals surface area contributed by atoms with Gasteiger partial charge >= 0.3 is 0 Å². The highest BCUT2D eigenvalue weighted by atomic mass is 35.5. The molecule has 1 aliphatic rings. The standard InChI is InChI=1S/C14H18ClN3/c15-12-6-4-11(5-7-12)10-17-14-3-1-2-13-16-8-9-18(13)14/h1-3,8-9,11-12,17H,4-7,10H2. The fourth-order valence-electron chi connectivity index (χ4n) is 2.67. The number of fused-ring (bicyclic) bond motifs is 1. The van der Waals surface area contributed by atoms with E-state index in [2.05, 4.69) is 20.8 Å². The van der Waals surface area contributed by atoms with Crippen LogP contribution in [0.1, 0.15) is 25.7 Å². The molecule has 0 aliphatic heterocycles. The van der Waals surface area contributed by atoms with Gasteiger partial charge in [0.05, 0.1) is 0 Å². The highest BCUT2D eigenvalue weighted by Crippen LogP contribution is 2.27. The molecule has 0 saturated heterocycles. The minimum absolute atomic E-state index is 0.401. The second-order valence-corrected chi connectivity index (χ2v) is 5.68. The number of rotatable bonds is 3. The Balaban J connectivity index is 1.64. The van der Waals surface area contributed by atoms with Gasteiger partial charge in [0.1, 0.15) is 11.5 Å². The number of anilines is 1. The molecular formula is C14H18ClN3. The van der Waals surface area contributed by atoms with E-state index in [0.717, 1.165) is 36.8 Å². The fourth-order valence-corrected chi connectivity index (χ4v) is 2.92. The molecule has 2 aromatic rings. The first-order valence-corrected chi connectivity index (χ1v) is 7.06. The predicted octanol–water partition coefficient (Wildman–Crippen LogP) is 3.54. The van der Waals surface area contributed by atoms with Crippen LogP contribution in [0, 0.1) is 5.92 Å². The lowest BCUT2D eigenvalue weighted by atomic mass is 9.89. The molecule has 0 unspecified atom stereocenters. The van der Waals surface area contributed by atoms with Crippen molar-refractivity contribution in [2.24, 2.45) is 5.92 Å². The number of nitrogens with zero attached hydrogens (tertiary/aromatic N) is 2. The number of nitrogens with one attached hydrogen (secondary N) is 1. The zero-order valence-corrected chi connectivity index (χ0v) is 11.1. The van der Waals surface area contributed by atoms with Gasteiger partial charge in [-0.25, -0.2) is 4.98 Å². The maximum Gasteiger partial charge on any atom is 0.138 e. The molecular weight excluding hydrogens is 246 g/mol. The number of alkyl halides is 1. The lowest BCUT2D eigenvalue weighted by Gasteiger charge is -2.25. The largest absolute Gasteiger partial charge is 0.371 e. The summed E-state index contributed by atoms with van der Waals surface area (Å²) in [7, 11) is 0. The van der Waals surface area contributed by atoms with Gasteiger partial charge in [-0.05, 0) is 43.7 Å². The summed E-state index contributed by atoms with van der Waals surface area (Å²) < 4.78 is 2.09. The van der Waals surface area contributed by atoms with Crippen molar-refractivity contribution in [2.45, 2.75) is 31.1 Å². The normalized spacial score (nSPS) is 24.3. The van der Waals surface area contributed by atoms with Gasteiger partial charge in [0, 0.05) is 24.3 Å². The van der Waals surface area contributed by atoms with E-state index in [9.17, 15) is 0 Å². The van der Waals surface area contributed by atoms with Crippen LogP contribution in [0.15, 0.2) is 30.6 Å². The first-order valence-electron chi connectivity index (χ1n) is 6.63. The molecule has 4 heteroatoms. The molecule has 0 amide bonds. The van der Waals surface area contributed by atoms with Gasteiger partial charge in [0.2, 0.25) is 0 Å². The first-order chi connectivity index (χ1) is 8.83. The van der Waals surface area contributed by atoms with Crippen LogP contribution in [-0.2, 0) is 0 Å². The fraction of sp³-hybridized carbons (Fsp3) is 0.500. The Labute approximate surface area is 112 Å². The zero-order chi connectivity index (χ0) is 12.4. The molecule has 0 aromatic carbocycles. The van der Waals surface area contributed by atoms with E-state index < -0.39 is 0 Å². The summed E-state index contributed by atoms with van der Waals surface area (Å²) in [5, 5.41) is 3.94. The molecule has 0 spiro atoms. The maximum absolute atomic E-state index is 6.13. The third-order valence-electron chi connectivity index (χ3n) is 3.78. The maximum atomic E-state index is 6.13. The summed E-state index contributed by atoms with van der Waals surface area (Å²) in [6.45, 7) is 1.03. The molecule has 0 bridgehead atoms. The minimum atomic E-state index is 0.401. The van der Waals surface area contributed by atoms with Crippen molar-refractivity contribution >= 4 is 23.1 Å². The molecule has 3 rings (SSSR count). The van der Waals surface area contributed by atoms with Crippen LogP contribution in [0.4, 0.5) is 5.82 Å². The van der Waals surface area contributed by atoms with Gasteiger partial charge in [0.15, 0.2) is 0 Å². The van der Waals surface area contributed by atoms with Crippen molar-refractivity contribution in [2.75, 3.05) is 11.9 Å². The summed E-state index contributed by atoms with van der Waals surface area (Å²) in [6.07, 6.45) is 8.61. The number of hydrogen-bond donors (Lipinski definition) is 1. The molecule has 0 radical (unpaired) electrons. The van der Waals surface area contributed by atoms with Crippen LogP contribution in [0.5, 0.6) is 0 Å². The molecule has 3 nitrogen and oxygen atoms in total. The minimum Gasteiger partial charge on any atom is -0.371 e. The van der Waals surface area contributed by atoms with E-state index in [1.54, 1.807) is 0 Å². The van der Waals surface area contributed by atoms with E-state index in [-0.39, 0.29) is 0 Å².